The third-order valence-electron chi connectivity index (χ3n) is 3.95. The number of hydrogen-bond acceptors (Lipinski definition) is 4. The molecule has 1 aliphatic rings. The molecule has 19 heavy (non-hydrogen) atoms. The van der Waals surface area contributed by atoms with Gasteiger partial charge in [-0.05, 0) is 35.1 Å². The lowest BCUT2D eigenvalue weighted by Crippen LogP contribution is -2.19. The minimum Gasteiger partial charge on any atom is -0.481 e. The van der Waals surface area contributed by atoms with Gasteiger partial charge in [0.1, 0.15) is 0 Å². The van der Waals surface area contributed by atoms with Gasteiger partial charge in [0.2, 0.25) is 0 Å². The first kappa shape index (κ1) is 14.0. The molecule has 1 aromatic heterocycles. The third kappa shape index (κ3) is 3.75. The molecule has 1 N–H and O–H groups in total. The predicted molar refractivity (Wildman–Crippen MR) is 69.6 cm³/mol. The molecule has 0 saturated heterocycles. The Morgan fingerprint density at radius 3 is 2.74 bits per heavy atom. The van der Waals surface area contributed by atoms with Gasteiger partial charge in [-0.25, -0.2) is 4.68 Å². The van der Waals surface area contributed by atoms with Crippen LogP contribution in [0.2, 0.25) is 0 Å². The van der Waals surface area contributed by atoms with Crippen molar-refractivity contribution in [2.24, 2.45) is 11.8 Å². The van der Waals surface area contributed by atoms with Crippen LogP contribution in [0.3, 0.4) is 0 Å². The highest BCUT2D eigenvalue weighted by Crippen LogP contribution is 2.34. The lowest BCUT2D eigenvalue weighted by molar-refractivity contribution is -0.138. The number of nitrogens with zero attached hydrogens (tertiary/aromatic N) is 4. The van der Waals surface area contributed by atoms with Crippen molar-refractivity contribution in [2.75, 3.05) is 0 Å². The van der Waals surface area contributed by atoms with E-state index in [2.05, 4.69) is 22.4 Å². The molecule has 1 aromatic rings. The van der Waals surface area contributed by atoms with Crippen LogP contribution in [0.1, 0.15) is 57.7 Å². The second-order valence-electron chi connectivity index (χ2n) is 5.88. The molecule has 0 spiro atoms. The van der Waals surface area contributed by atoms with Gasteiger partial charge in [-0.3, -0.25) is 4.79 Å². The summed E-state index contributed by atoms with van der Waals surface area (Å²) in [6.07, 6.45) is 4.87. The number of hydrogen-bond donors (Lipinski definition) is 1. The largest absolute Gasteiger partial charge is 0.481 e. The molecule has 1 atom stereocenters. The van der Waals surface area contributed by atoms with E-state index in [1.165, 1.54) is 12.8 Å². The Labute approximate surface area is 113 Å². The Hall–Kier alpha value is -1.46. The van der Waals surface area contributed by atoms with Crippen LogP contribution >= 0.6 is 0 Å². The molecule has 1 saturated carbocycles. The summed E-state index contributed by atoms with van der Waals surface area (Å²) in [6.45, 7) is 4.79. The Balaban J connectivity index is 1.99. The number of aromatic nitrogens is 4. The van der Waals surface area contributed by atoms with E-state index in [1.54, 1.807) is 4.68 Å². The fourth-order valence-corrected chi connectivity index (χ4v) is 2.81. The number of aliphatic carboxylic acids is 1. The summed E-state index contributed by atoms with van der Waals surface area (Å²) >= 11 is 0. The standard InChI is InChI=1S/C13H22N4O2/c1-9-3-5-11(6-4-9)13-14-15-16-17(13)8-10(2)7-12(18)19/h9-11H,3-8H2,1-2H3,(H,18,19). The topological polar surface area (TPSA) is 80.9 Å². The van der Waals surface area contributed by atoms with Gasteiger partial charge in [0.25, 0.3) is 0 Å². The zero-order valence-electron chi connectivity index (χ0n) is 11.6. The van der Waals surface area contributed by atoms with Gasteiger partial charge in [-0.2, -0.15) is 0 Å². The van der Waals surface area contributed by atoms with Crippen molar-refractivity contribution in [1.82, 2.24) is 20.2 Å². The van der Waals surface area contributed by atoms with Crippen molar-refractivity contribution in [3.8, 4) is 0 Å². The molecule has 6 heteroatoms. The van der Waals surface area contributed by atoms with Crippen LogP contribution in [-0.4, -0.2) is 31.3 Å². The van der Waals surface area contributed by atoms with Crippen LogP contribution < -0.4 is 0 Å². The maximum absolute atomic E-state index is 10.7. The van der Waals surface area contributed by atoms with E-state index < -0.39 is 5.97 Å². The van der Waals surface area contributed by atoms with Crippen LogP contribution in [0.25, 0.3) is 0 Å². The maximum atomic E-state index is 10.7. The summed E-state index contributed by atoms with van der Waals surface area (Å²) in [5.41, 5.74) is 0. The Kier molecular flexibility index (Phi) is 4.50. The van der Waals surface area contributed by atoms with Crippen LogP contribution in [0.4, 0.5) is 0 Å². The fraction of sp³-hybridized carbons (Fsp3) is 0.846. The summed E-state index contributed by atoms with van der Waals surface area (Å²) in [7, 11) is 0. The second-order valence-corrected chi connectivity index (χ2v) is 5.88. The number of carboxylic acids is 1. The first-order valence-electron chi connectivity index (χ1n) is 7.04. The summed E-state index contributed by atoms with van der Waals surface area (Å²) in [6, 6.07) is 0. The van der Waals surface area contributed by atoms with Crippen molar-refractivity contribution in [3.63, 3.8) is 0 Å². The monoisotopic (exact) mass is 266 g/mol. The molecule has 2 rings (SSSR count). The smallest absolute Gasteiger partial charge is 0.303 e. The van der Waals surface area contributed by atoms with Crippen LogP contribution in [0.15, 0.2) is 0 Å². The van der Waals surface area contributed by atoms with Crippen LogP contribution in [0.5, 0.6) is 0 Å². The molecule has 0 radical (unpaired) electrons. The number of rotatable bonds is 5. The first-order valence-corrected chi connectivity index (χ1v) is 7.04. The van der Waals surface area contributed by atoms with E-state index in [0.29, 0.717) is 12.5 Å². The van der Waals surface area contributed by atoms with Gasteiger partial charge in [-0.15, -0.1) is 5.10 Å². The van der Waals surface area contributed by atoms with Gasteiger partial charge >= 0.3 is 5.97 Å². The molecule has 0 aliphatic heterocycles. The van der Waals surface area contributed by atoms with E-state index in [1.807, 2.05) is 6.92 Å². The van der Waals surface area contributed by atoms with E-state index in [4.69, 9.17) is 5.11 Å². The fourth-order valence-electron chi connectivity index (χ4n) is 2.81. The molecule has 1 heterocycles. The molecule has 1 aliphatic carbocycles. The molecular formula is C13H22N4O2. The molecular weight excluding hydrogens is 244 g/mol. The van der Waals surface area contributed by atoms with Crippen molar-refractivity contribution in [1.29, 1.82) is 0 Å². The van der Waals surface area contributed by atoms with Crippen molar-refractivity contribution in [2.45, 2.75) is 58.4 Å². The number of tetrazole rings is 1. The highest BCUT2D eigenvalue weighted by molar-refractivity contribution is 5.66. The highest BCUT2D eigenvalue weighted by atomic mass is 16.4. The number of carbonyl (C=O) groups is 1. The lowest BCUT2D eigenvalue weighted by atomic mass is 9.82. The van der Waals surface area contributed by atoms with Crippen LogP contribution in [0, 0.1) is 11.8 Å². The Bertz CT molecular complexity index is 424. The molecule has 6 nitrogen and oxygen atoms in total. The van der Waals surface area contributed by atoms with Gasteiger partial charge in [0.15, 0.2) is 5.82 Å². The van der Waals surface area contributed by atoms with E-state index >= 15 is 0 Å². The van der Waals surface area contributed by atoms with Crippen molar-refractivity contribution in [3.05, 3.63) is 5.82 Å². The Morgan fingerprint density at radius 1 is 1.42 bits per heavy atom. The molecule has 0 amide bonds. The zero-order chi connectivity index (χ0) is 13.8. The van der Waals surface area contributed by atoms with Crippen molar-refractivity contribution < 1.29 is 9.90 Å². The van der Waals surface area contributed by atoms with Crippen LogP contribution in [-0.2, 0) is 11.3 Å². The summed E-state index contributed by atoms with van der Waals surface area (Å²) in [5, 5.41) is 20.7. The highest BCUT2D eigenvalue weighted by Gasteiger charge is 2.25. The summed E-state index contributed by atoms with van der Waals surface area (Å²) in [4.78, 5) is 10.7. The van der Waals surface area contributed by atoms with E-state index in [9.17, 15) is 4.79 Å². The Morgan fingerprint density at radius 2 is 2.11 bits per heavy atom. The van der Waals surface area contributed by atoms with E-state index in [-0.39, 0.29) is 12.3 Å². The third-order valence-corrected chi connectivity index (χ3v) is 3.95. The SMILES string of the molecule is CC1CCC(c2nnnn2CC(C)CC(=O)O)CC1. The normalized spacial score (nSPS) is 25.2. The first-order chi connectivity index (χ1) is 9.06. The van der Waals surface area contributed by atoms with E-state index in [0.717, 1.165) is 24.6 Å². The molecule has 1 unspecified atom stereocenters. The van der Waals surface area contributed by atoms with Gasteiger partial charge in [0, 0.05) is 18.9 Å². The lowest BCUT2D eigenvalue weighted by Gasteiger charge is -2.25. The zero-order valence-corrected chi connectivity index (χ0v) is 11.6. The summed E-state index contributed by atoms with van der Waals surface area (Å²) < 4.78 is 1.80. The molecule has 1 fully saturated rings. The average Bonchev–Trinajstić information content (AvgIpc) is 2.77. The second kappa shape index (κ2) is 6.12. The van der Waals surface area contributed by atoms with Gasteiger partial charge in [-0.1, -0.05) is 26.7 Å². The number of carboxylic acid groups (broad SMARTS) is 1. The minimum atomic E-state index is -0.770. The van der Waals surface area contributed by atoms with Gasteiger partial charge < -0.3 is 5.11 Å². The minimum absolute atomic E-state index is 0.0438. The van der Waals surface area contributed by atoms with Gasteiger partial charge in [0.05, 0.1) is 0 Å². The molecule has 0 aromatic carbocycles. The molecule has 0 bridgehead atoms. The predicted octanol–water partition coefficient (Wildman–Crippen LogP) is 2.08. The summed E-state index contributed by atoms with van der Waals surface area (Å²) in [5.74, 6) is 1.44. The van der Waals surface area contributed by atoms with Crippen molar-refractivity contribution >= 4 is 5.97 Å². The molecule has 106 valence electrons. The average molecular weight is 266 g/mol. The maximum Gasteiger partial charge on any atom is 0.303 e. The quantitative estimate of drug-likeness (QED) is 0.882.